The predicted molar refractivity (Wildman–Crippen MR) is 83.7 cm³/mol. The van der Waals surface area contributed by atoms with Gasteiger partial charge in [0.2, 0.25) is 0 Å². The zero-order valence-corrected chi connectivity index (χ0v) is 13.4. The van der Waals surface area contributed by atoms with Gasteiger partial charge in [-0.15, -0.1) is 11.3 Å². The van der Waals surface area contributed by atoms with Crippen LogP contribution >= 0.6 is 11.3 Å². The number of thiophene rings is 1. The van der Waals surface area contributed by atoms with Crippen LogP contribution in [0.5, 0.6) is 0 Å². The van der Waals surface area contributed by atoms with Gasteiger partial charge in [-0.1, -0.05) is 20.8 Å². The molecular weight excluding hydrogens is 250 g/mol. The van der Waals surface area contributed by atoms with Crippen LogP contribution in [0.2, 0.25) is 0 Å². The van der Waals surface area contributed by atoms with Crippen LogP contribution < -0.4 is 5.32 Å². The molecule has 2 heteroatoms. The Balaban J connectivity index is 1.69. The van der Waals surface area contributed by atoms with E-state index in [2.05, 4.69) is 37.5 Å². The fourth-order valence-electron chi connectivity index (χ4n) is 4.42. The van der Waals surface area contributed by atoms with Crippen molar-refractivity contribution in [2.45, 2.75) is 71.4 Å². The summed E-state index contributed by atoms with van der Waals surface area (Å²) in [6.07, 6.45) is 8.08. The van der Waals surface area contributed by atoms with E-state index < -0.39 is 0 Å². The normalized spacial score (nSPS) is 33.9. The van der Waals surface area contributed by atoms with Crippen LogP contribution in [-0.4, -0.2) is 6.04 Å². The summed E-state index contributed by atoms with van der Waals surface area (Å²) in [6, 6.07) is 3.70. The van der Waals surface area contributed by atoms with Gasteiger partial charge in [0.25, 0.3) is 0 Å². The molecule has 2 aliphatic rings. The molecule has 3 rings (SSSR count). The lowest BCUT2D eigenvalue weighted by molar-refractivity contribution is 0.142. The third-order valence-electron chi connectivity index (χ3n) is 4.88. The standard InChI is InChI=1S/C17H27NS/c1-12-9-13(11-17(2,3)10-12)18-15-5-4-6-16-14(15)7-8-19-16/h7-8,12-13,15,18H,4-6,9-11H2,1-3H3. The van der Waals surface area contributed by atoms with E-state index in [0.29, 0.717) is 11.5 Å². The van der Waals surface area contributed by atoms with E-state index in [0.717, 1.165) is 12.0 Å². The molecule has 0 radical (unpaired) electrons. The molecule has 1 N–H and O–H groups in total. The van der Waals surface area contributed by atoms with Crippen molar-refractivity contribution in [1.29, 1.82) is 0 Å². The number of aryl methyl sites for hydroxylation is 1. The van der Waals surface area contributed by atoms with Crippen LogP contribution in [0.15, 0.2) is 11.4 Å². The highest BCUT2D eigenvalue weighted by atomic mass is 32.1. The van der Waals surface area contributed by atoms with Crippen molar-refractivity contribution in [3.63, 3.8) is 0 Å². The molecule has 106 valence electrons. The molecule has 0 saturated heterocycles. The summed E-state index contributed by atoms with van der Waals surface area (Å²) in [5, 5.41) is 6.27. The Bertz CT molecular complexity index is 434. The summed E-state index contributed by atoms with van der Waals surface area (Å²) >= 11 is 1.95. The maximum atomic E-state index is 3.99. The Morgan fingerprint density at radius 2 is 2.16 bits per heavy atom. The monoisotopic (exact) mass is 277 g/mol. The van der Waals surface area contributed by atoms with Crippen molar-refractivity contribution in [1.82, 2.24) is 5.32 Å². The molecule has 1 nitrogen and oxygen atoms in total. The van der Waals surface area contributed by atoms with Gasteiger partial charge in [0.1, 0.15) is 0 Å². The molecule has 0 aliphatic heterocycles. The Morgan fingerprint density at radius 3 is 2.95 bits per heavy atom. The SMILES string of the molecule is CC1CC(NC2CCCc3sccc32)CC(C)(C)C1. The highest BCUT2D eigenvalue weighted by Crippen LogP contribution is 2.40. The average molecular weight is 277 g/mol. The van der Waals surface area contributed by atoms with Crippen LogP contribution in [0.4, 0.5) is 0 Å². The maximum absolute atomic E-state index is 3.99. The first-order valence-corrected chi connectivity index (χ1v) is 8.74. The fourth-order valence-corrected chi connectivity index (χ4v) is 5.40. The fraction of sp³-hybridized carbons (Fsp3) is 0.765. The lowest BCUT2D eigenvalue weighted by atomic mass is 9.70. The third-order valence-corrected chi connectivity index (χ3v) is 5.87. The molecule has 3 atom stereocenters. The van der Waals surface area contributed by atoms with Gasteiger partial charge in [0, 0.05) is 17.0 Å². The number of rotatable bonds is 2. The predicted octanol–water partition coefficient (Wildman–Crippen LogP) is 4.93. The van der Waals surface area contributed by atoms with E-state index in [4.69, 9.17) is 0 Å². The summed E-state index contributed by atoms with van der Waals surface area (Å²) in [4.78, 5) is 1.63. The lowest BCUT2D eigenvalue weighted by Gasteiger charge is -2.41. The van der Waals surface area contributed by atoms with Gasteiger partial charge in [0.15, 0.2) is 0 Å². The molecule has 0 bridgehead atoms. The molecule has 1 aromatic rings. The van der Waals surface area contributed by atoms with E-state index >= 15 is 0 Å². The summed E-state index contributed by atoms with van der Waals surface area (Å²) in [5.41, 5.74) is 2.12. The van der Waals surface area contributed by atoms with Crippen molar-refractivity contribution in [3.8, 4) is 0 Å². The molecule has 0 aromatic carbocycles. The second-order valence-corrected chi connectivity index (χ2v) is 8.52. The van der Waals surface area contributed by atoms with E-state index in [-0.39, 0.29) is 0 Å². The molecule has 1 fully saturated rings. The molecule has 0 amide bonds. The van der Waals surface area contributed by atoms with Crippen LogP contribution in [0, 0.1) is 11.3 Å². The largest absolute Gasteiger partial charge is 0.307 e. The van der Waals surface area contributed by atoms with E-state index in [1.165, 1.54) is 38.5 Å². The summed E-state index contributed by atoms with van der Waals surface area (Å²) < 4.78 is 0. The Morgan fingerprint density at radius 1 is 1.32 bits per heavy atom. The van der Waals surface area contributed by atoms with Gasteiger partial charge in [-0.25, -0.2) is 0 Å². The second kappa shape index (κ2) is 5.21. The lowest BCUT2D eigenvalue weighted by Crippen LogP contribution is -2.42. The van der Waals surface area contributed by atoms with E-state index in [1.54, 1.807) is 10.4 Å². The van der Waals surface area contributed by atoms with Gasteiger partial charge in [-0.05, 0) is 66.9 Å². The number of fused-ring (bicyclic) bond motifs is 1. The number of nitrogens with one attached hydrogen (secondary N) is 1. The summed E-state index contributed by atoms with van der Waals surface area (Å²) in [5.74, 6) is 0.867. The minimum atomic E-state index is 0.515. The smallest absolute Gasteiger partial charge is 0.0333 e. The average Bonchev–Trinajstić information content (AvgIpc) is 2.75. The minimum absolute atomic E-state index is 0.515. The Labute approximate surface area is 121 Å². The maximum Gasteiger partial charge on any atom is 0.0333 e. The molecule has 1 aromatic heterocycles. The molecule has 19 heavy (non-hydrogen) atoms. The highest BCUT2D eigenvalue weighted by Gasteiger charge is 2.33. The zero-order chi connectivity index (χ0) is 13.5. The number of hydrogen-bond donors (Lipinski definition) is 1. The molecular formula is C17H27NS. The van der Waals surface area contributed by atoms with Crippen LogP contribution in [-0.2, 0) is 6.42 Å². The molecule has 1 saturated carbocycles. The van der Waals surface area contributed by atoms with Crippen molar-refractivity contribution in [2.75, 3.05) is 0 Å². The van der Waals surface area contributed by atoms with E-state index in [9.17, 15) is 0 Å². The van der Waals surface area contributed by atoms with Gasteiger partial charge in [-0.3, -0.25) is 0 Å². The van der Waals surface area contributed by atoms with Gasteiger partial charge >= 0.3 is 0 Å². The summed E-state index contributed by atoms with van der Waals surface area (Å²) in [7, 11) is 0. The van der Waals surface area contributed by atoms with Crippen LogP contribution in [0.25, 0.3) is 0 Å². The van der Waals surface area contributed by atoms with Crippen molar-refractivity contribution in [3.05, 3.63) is 21.9 Å². The van der Waals surface area contributed by atoms with Crippen molar-refractivity contribution in [2.24, 2.45) is 11.3 Å². The molecule has 3 unspecified atom stereocenters. The first-order valence-electron chi connectivity index (χ1n) is 7.86. The number of hydrogen-bond acceptors (Lipinski definition) is 2. The zero-order valence-electron chi connectivity index (χ0n) is 12.5. The highest BCUT2D eigenvalue weighted by molar-refractivity contribution is 7.10. The minimum Gasteiger partial charge on any atom is -0.307 e. The van der Waals surface area contributed by atoms with Crippen LogP contribution in [0.1, 0.15) is 69.4 Å². The molecule has 2 aliphatic carbocycles. The third kappa shape index (κ3) is 3.05. The molecule has 0 spiro atoms. The van der Waals surface area contributed by atoms with Crippen molar-refractivity contribution >= 4 is 11.3 Å². The van der Waals surface area contributed by atoms with Gasteiger partial charge < -0.3 is 5.32 Å². The first-order chi connectivity index (χ1) is 9.03. The Hall–Kier alpha value is -0.340. The second-order valence-electron chi connectivity index (χ2n) is 7.52. The quantitative estimate of drug-likeness (QED) is 0.808. The topological polar surface area (TPSA) is 12.0 Å². The summed E-state index contributed by atoms with van der Waals surface area (Å²) in [6.45, 7) is 7.30. The van der Waals surface area contributed by atoms with Gasteiger partial charge in [0.05, 0.1) is 0 Å². The first kappa shape index (κ1) is 13.6. The van der Waals surface area contributed by atoms with Crippen LogP contribution in [0.3, 0.4) is 0 Å². The van der Waals surface area contributed by atoms with E-state index in [1.807, 2.05) is 11.3 Å². The van der Waals surface area contributed by atoms with Crippen molar-refractivity contribution < 1.29 is 0 Å². The molecule has 1 heterocycles. The van der Waals surface area contributed by atoms with Gasteiger partial charge in [-0.2, -0.15) is 0 Å². The Kier molecular flexibility index (Phi) is 3.74.